The normalized spacial score (nSPS) is 10.9. The number of aryl methyl sites for hydroxylation is 3. The van der Waals surface area contributed by atoms with Gasteiger partial charge in [0.15, 0.2) is 5.75 Å². The van der Waals surface area contributed by atoms with Crippen LogP contribution in [0.25, 0.3) is 0 Å². The molecule has 0 amide bonds. The molecule has 5 heteroatoms. The van der Waals surface area contributed by atoms with Gasteiger partial charge >= 0.3 is 0 Å². The Hall–Kier alpha value is -4.12. The lowest BCUT2D eigenvalue weighted by atomic mass is 10.0. The maximum atomic E-state index is 10.5. The highest BCUT2D eigenvalue weighted by Crippen LogP contribution is 2.47. The smallest absolute Gasteiger partial charge is 0.151 e. The molecule has 0 saturated heterocycles. The number of benzene rings is 4. The first-order chi connectivity index (χ1) is 16.6. The molecule has 5 nitrogen and oxygen atoms in total. The Bertz CT molecular complexity index is 1370. The van der Waals surface area contributed by atoms with Crippen LogP contribution in [0.15, 0.2) is 60.7 Å². The summed E-state index contributed by atoms with van der Waals surface area (Å²) in [6, 6.07) is 18.1. The van der Waals surface area contributed by atoms with E-state index >= 15 is 0 Å². The summed E-state index contributed by atoms with van der Waals surface area (Å²) in [5.74, 6) is 1.61. The fourth-order valence-corrected chi connectivity index (χ4v) is 4.26. The molecule has 35 heavy (non-hydrogen) atoms. The first-order valence-electron chi connectivity index (χ1n) is 11.5. The van der Waals surface area contributed by atoms with E-state index in [0.29, 0.717) is 17.1 Å². The minimum atomic E-state index is 0.153. The van der Waals surface area contributed by atoms with Crippen LogP contribution in [0.3, 0.4) is 0 Å². The Balaban J connectivity index is 2.00. The van der Waals surface area contributed by atoms with E-state index in [1.54, 1.807) is 30.3 Å². The van der Waals surface area contributed by atoms with Crippen molar-refractivity contribution in [3.63, 3.8) is 0 Å². The molecule has 0 aliphatic heterocycles. The molecule has 0 atom stereocenters. The van der Waals surface area contributed by atoms with E-state index in [0.717, 1.165) is 44.9 Å². The molecule has 180 valence electrons. The predicted molar refractivity (Wildman–Crippen MR) is 141 cm³/mol. The topological polar surface area (TPSA) is 73.2 Å². The molecular weight excluding hydrogens is 438 g/mol. The van der Waals surface area contributed by atoms with Crippen LogP contribution in [0.1, 0.15) is 33.4 Å². The van der Waals surface area contributed by atoms with Gasteiger partial charge in [-0.05, 0) is 106 Å². The lowest BCUT2D eigenvalue weighted by Gasteiger charge is -2.31. The molecule has 0 fully saturated rings. The zero-order chi connectivity index (χ0) is 25.4. The second kappa shape index (κ2) is 9.26. The van der Waals surface area contributed by atoms with Gasteiger partial charge in [0.1, 0.15) is 23.0 Å². The summed E-state index contributed by atoms with van der Waals surface area (Å²) in [6.45, 7) is 11.7. The minimum Gasteiger partial charge on any atom is -0.508 e. The average molecular weight is 470 g/mol. The highest BCUT2D eigenvalue weighted by molar-refractivity contribution is 5.85. The van der Waals surface area contributed by atoms with Crippen LogP contribution < -0.4 is 9.64 Å². The van der Waals surface area contributed by atoms with Crippen molar-refractivity contribution in [2.24, 2.45) is 0 Å². The van der Waals surface area contributed by atoms with Gasteiger partial charge in [0.25, 0.3) is 0 Å². The largest absolute Gasteiger partial charge is 0.508 e. The zero-order valence-electron chi connectivity index (χ0n) is 21.0. The first-order valence-corrected chi connectivity index (χ1v) is 11.5. The maximum absolute atomic E-state index is 10.5. The van der Waals surface area contributed by atoms with E-state index in [1.807, 2.05) is 76.8 Å². The molecule has 0 aliphatic carbocycles. The third-order valence-electron chi connectivity index (χ3n) is 6.53. The lowest BCUT2D eigenvalue weighted by molar-refractivity contribution is 0.448. The second-order valence-electron chi connectivity index (χ2n) is 9.13. The number of nitrogens with zero attached hydrogens (tertiary/aromatic N) is 1. The van der Waals surface area contributed by atoms with Gasteiger partial charge in [0.05, 0.1) is 17.1 Å². The van der Waals surface area contributed by atoms with E-state index in [-0.39, 0.29) is 17.2 Å². The van der Waals surface area contributed by atoms with E-state index in [2.05, 4.69) is 0 Å². The standard InChI is InChI=1S/C30H31NO4/c1-17-11-28(34)22(6)30(12-17)35-29-10-8-7-9-25(29)31(26-15-23(32)13-18(2)20(26)4)27-16-24(33)14-19(3)21(27)5/h7-16,32-34H,1-6H3. The highest BCUT2D eigenvalue weighted by Gasteiger charge is 2.23. The third kappa shape index (κ3) is 4.62. The fourth-order valence-electron chi connectivity index (χ4n) is 4.26. The summed E-state index contributed by atoms with van der Waals surface area (Å²) in [7, 11) is 0. The number of ether oxygens (including phenoxy) is 1. The molecule has 0 heterocycles. The van der Waals surface area contributed by atoms with E-state index in [1.165, 1.54) is 0 Å². The van der Waals surface area contributed by atoms with Crippen molar-refractivity contribution >= 4 is 17.1 Å². The summed E-state index contributed by atoms with van der Waals surface area (Å²) in [6.07, 6.45) is 0. The number of para-hydroxylation sites is 2. The van der Waals surface area contributed by atoms with Gasteiger partial charge in [-0.2, -0.15) is 0 Å². The van der Waals surface area contributed by atoms with Crippen LogP contribution >= 0.6 is 0 Å². The van der Waals surface area contributed by atoms with Crippen LogP contribution in [0.4, 0.5) is 17.1 Å². The summed E-state index contributed by atoms with van der Waals surface area (Å²) in [5.41, 5.74) is 7.67. The Morgan fingerprint density at radius 1 is 0.571 bits per heavy atom. The molecular formula is C30H31NO4. The van der Waals surface area contributed by atoms with Gasteiger partial charge in [-0.25, -0.2) is 0 Å². The fraction of sp³-hybridized carbons (Fsp3) is 0.200. The van der Waals surface area contributed by atoms with Crippen LogP contribution in [0, 0.1) is 41.5 Å². The van der Waals surface area contributed by atoms with Crippen LogP contribution in [0.2, 0.25) is 0 Å². The van der Waals surface area contributed by atoms with Crippen molar-refractivity contribution < 1.29 is 20.1 Å². The Morgan fingerprint density at radius 3 is 1.69 bits per heavy atom. The molecule has 4 aromatic carbocycles. The summed E-state index contributed by atoms with van der Waals surface area (Å²) < 4.78 is 6.40. The van der Waals surface area contributed by atoms with Crippen molar-refractivity contribution in [2.75, 3.05) is 4.90 Å². The van der Waals surface area contributed by atoms with Crippen molar-refractivity contribution in [1.82, 2.24) is 0 Å². The summed E-state index contributed by atoms with van der Waals surface area (Å²) in [5, 5.41) is 31.4. The Kier molecular flexibility index (Phi) is 6.35. The van der Waals surface area contributed by atoms with Gasteiger partial charge in [-0.15, -0.1) is 0 Å². The number of rotatable bonds is 5. The number of aromatic hydroxyl groups is 3. The van der Waals surface area contributed by atoms with Gasteiger partial charge in [0.2, 0.25) is 0 Å². The number of hydrogen-bond donors (Lipinski definition) is 3. The molecule has 0 aliphatic rings. The molecule has 0 unspecified atom stereocenters. The first kappa shape index (κ1) is 24.0. The van der Waals surface area contributed by atoms with E-state index in [4.69, 9.17) is 4.74 Å². The van der Waals surface area contributed by atoms with Gasteiger partial charge in [-0.1, -0.05) is 12.1 Å². The quantitative estimate of drug-likeness (QED) is 0.277. The van der Waals surface area contributed by atoms with Gasteiger partial charge in [-0.3, -0.25) is 0 Å². The molecule has 0 radical (unpaired) electrons. The number of phenolic OH excluding ortho intramolecular Hbond substituents is 3. The lowest BCUT2D eigenvalue weighted by Crippen LogP contribution is -2.14. The number of anilines is 3. The minimum absolute atomic E-state index is 0.153. The van der Waals surface area contributed by atoms with E-state index in [9.17, 15) is 15.3 Å². The van der Waals surface area contributed by atoms with Crippen LogP contribution in [-0.2, 0) is 0 Å². The SMILES string of the molecule is Cc1cc(O)c(C)c(Oc2ccccc2N(c2cc(O)cc(C)c2C)c2cc(O)cc(C)c2C)c1. The Morgan fingerprint density at radius 2 is 1.11 bits per heavy atom. The van der Waals surface area contributed by atoms with E-state index < -0.39 is 0 Å². The molecule has 3 N–H and O–H groups in total. The summed E-state index contributed by atoms with van der Waals surface area (Å²) in [4.78, 5) is 2.00. The molecule has 0 bridgehead atoms. The Labute approximate surface area is 206 Å². The molecule has 0 saturated carbocycles. The maximum Gasteiger partial charge on any atom is 0.151 e. The third-order valence-corrected chi connectivity index (χ3v) is 6.53. The van der Waals surface area contributed by atoms with Gasteiger partial charge < -0.3 is 25.0 Å². The van der Waals surface area contributed by atoms with Crippen molar-refractivity contribution in [3.05, 3.63) is 94.0 Å². The monoisotopic (exact) mass is 469 g/mol. The highest BCUT2D eigenvalue weighted by atomic mass is 16.5. The van der Waals surface area contributed by atoms with Crippen LogP contribution in [0.5, 0.6) is 28.7 Å². The summed E-state index contributed by atoms with van der Waals surface area (Å²) >= 11 is 0. The van der Waals surface area contributed by atoms with Gasteiger partial charge in [0, 0.05) is 17.7 Å². The zero-order valence-corrected chi connectivity index (χ0v) is 21.0. The molecule has 0 aromatic heterocycles. The van der Waals surface area contributed by atoms with Crippen LogP contribution in [-0.4, -0.2) is 15.3 Å². The molecule has 0 spiro atoms. The molecule has 4 aromatic rings. The number of phenols is 3. The van der Waals surface area contributed by atoms with Crippen molar-refractivity contribution in [1.29, 1.82) is 0 Å². The predicted octanol–water partition coefficient (Wildman–Crippen LogP) is 7.92. The second-order valence-corrected chi connectivity index (χ2v) is 9.13. The molecule has 4 rings (SSSR count). The van der Waals surface area contributed by atoms with Crippen molar-refractivity contribution in [3.8, 4) is 28.7 Å². The number of hydrogen-bond acceptors (Lipinski definition) is 5. The van der Waals surface area contributed by atoms with Crippen molar-refractivity contribution in [2.45, 2.75) is 41.5 Å². The average Bonchev–Trinajstić information content (AvgIpc) is 2.79.